The Morgan fingerprint density at radius 2 is 1.44 bits per heavy atom. The Morgan fingerprint density at radius 1 is 0.791 bits per heavy atom. The molecule has 0 aliphatic heterocycles. The normalized spacial score (nSPS) is 11.5. The summed E-state index contributed by atoms with van der Waals surface area (Å²) in [5.74, 6) is 0.0710. The first-order chi connectivity index (χ1) is 20.3. The number of sulfonamides is 2. The van der Waals surface area contributed by atoms with Crippen molar-refractivity contribution in [2.75, 3.05) is 35.1 Å². The number of anilines is 3. The molecule has 14 heteroatoms. The Morgan fingerprint density at radius 3 is 2.05 bits per heavy atom. The third kappa shape index (κ3) is 7.52. The molecule has 0 saturated carbocycles. The molecule has 4 rings (SSSR count). The molecule has 4 aromatic rings. The molecule has 4 aromatic carbocycles. The van der Waals surface area contributed by atoms with Gasteiger partial charge in [0.25, 0.3) is 20.0 Å². The van der Waals surface area contributed by atoms with Gasteiger partial charge in [-0.2, -0.15) is 0 Å². The van der Waals surface area contributed by atoms with Crippen LogP contribution >= 0.6 is 23.2 Å². The van der Waals surface area contributed by atoms with E-state index in [9.17, 15) is 21.6 Å². The molecule has 43 heavy (non-hydrogen) atoms. The van der Waals surface area contributed by atoms with E-state index in [0.29, 0.717) is 5.75 Å². The molecule has 0 aromatic heterocycles. The van der Waals surface area contributed by atoms with E-state index in [1.807, 2.05) is 6.92 Å². The van der Waals surface area contributed by atoms with Crippen molar-refractivity contribution in [1.29, 1.82) is 0 Å². The van der Waals surface area contributed by atoms with Gasteiger partial charge in [-0.25, -0.2) is 16.8 Å². The number of halogens is 2. The number of nitrogens with zero attached hydrogens (tertiary/aromatic N) is 1. The second-order valence-corrected chi connectivity index (χ2v) is 13.5. The first kappa shape index (κ1) is 32.0. The molecule has 0 atom stereocenters. The van der Waals surface area contributed by atoms with Crippen molar-refractivity contribution in [2.45, 2.75) is 16.7 Å². The van der Waals surface area contributed by atoms with Crippen LogP contribution in [0.1, 0.15) is 5.56 Å². The summed E-state index contributed by atoms with van der Waals surface area (Å²) in [5.41, 5.74) is 1.44. The van der Waals surface area contributed by atoms with Crippen LogP contribution in [0.15, 0.2) is 94.7 Å². The van der Waals surface area contributed by atoms with Crippen molar-refractivity contribution in [1.82, 2.24) is 0 Å². The molecule has 0 bridgehead atoms. The van der Waals surface area contributed by atoms with Crippen LogP contribution in [0.25, 0.3) is 0 Å². The van der Waals surface area contributed by atoms with Crippen molar-refractivity contribution in [3.8, 4) is 11.5 Å². The highest BCUT2D eigenvalue weighted by atomic mass is 35.5. The second kappa shape index (κ2) is 13.1. The molecule has 1 amide bonds. The summed E-state index contributed by atoms with van der Waals surface area (Å²) < 4.78 is 67.0. The van der Waals surface area contributed by atoms with Crippen LogP contribution in [0, 0.1) is 6.92 Å². The number of ether oxygens (including phenoxy) is 2. The van der Waals surface area contributed by atoms with E-state index in [1.54, 1.807) is 18.2 Å². The third-order valence-corrected chi connectivity index (χ3v) is 10.1. The van der Waals surface area contributed by atoms with E-state index >= 15 is 0 Å². The Labute approximate surface area is 260 Å². The van der Waals surface area contributed by atoms with Crippen LogP contribution in [-0.4, -0.2) is 43.5 Å². The number of hydrogen-bond acceptors (Lipinski definition) is 7. The summed E-state index contributed by atoms with van der Waals surface area (Å²) in [7, 11) is -5.33. The van der Waals surface area contributed by atoms with Gasteiger partial charge < -0.3 is 14.8 Å². The predicted molar refractivity (Wildman–Crippen MR) is 168 cm³/mol. The van der Waals surface area contributed by atoms with Gasteiger partial charge >= 0.3 is 0 Å². The molecule has 0 aliphatic carbocycles. The standard InChI is InChI=1S/C29H27Cl2N3O7S2/c1-19-4-10-24(11-5-19)43(38,39)34(21-8-14-25(30)26(31)16-21)18-29(35)32-20-6-12-23(13-7-20)42(36,37)33-27-15-9-22(40-2)17-28(27)41-3/h4-17,33H,18H2,1-3H3,(H,32,35). The summed E-state index contributed by atoms with van der Waals surface area (Å²) in [4.78, 5) is 13.0. The predicted octanol–water partition coefficient (Wildman–Crippen LogP) is 5.95. The first-order valence-corrected chi connectivity index (χ1v) is 16.2. The van der Waals surface area contributed by atoms with Crippen molar-refractivity contribution in [3.63, 3.8) is 0 Å². The summed E-state index contributed by atoms with van der Waals surface area (Å²) >= 11 is 12.2. The Hall–Kier alpha value is -3.97. The zero-order chi connectivity index (χ0) is 31.4. The third-order valence-electron chi connectivity index (χ3n) is 6.19. The maximum atomic E-state index is 13.6. The fourth-order valence-corrected chi connectivity index (χ4v) is 6.70. The number of rotatable bonds is 11. The van der Waals surface area contributed by atoms with Gasteiger partial charge in [0.1, 0.15) is 18.0 Å². The Bertz CT molecular complexity index is 1850. The van der Waals surface area contributed by atoms with Crippen molar-refractivity contribution >= 4 is 66.2 Å². The highest BCUT2D eigenvalue weighted by molar-refractivity contribution is 7.93. The van der Waals surface area contributed by atoms with Gasteiger partial charge in [0.2, 0.25) is 5.91 Å². The van der Waals surface area contributed by atoms with Crippen LogP contribution in [0.2, 0.25) is 10.0 Å². The molecule has 0 heterocycles. The van der Waals surface area contributed by atoms with Crippen molar-refractivity contribution in [3.05, 3.63) is 101 Å². The largest absolute Gasteiger partial charge is 0.497 e. The first-order valence-electron chi connectivity index (χ1n) is 12.5. The van der Waals surface area contributed by atoms with Gasteiger partial charge in [0.05, 0.1) is 45.4 Å². The molecule has 0 radical (unpaired) electrons. The van der Waals surface area contributed by atoms with E-state index in [4.69, 9.17) is 32.7 Å². The SMILES string of the molecule is COc1ccc(NS(=O)(=O)c2ccc(NC(=O)CN(c3ccc(Cl)c(Cl)c3)S(=O)(=O)c3ccc(C)cc3)cc2)c(OC)c1. The van der Waals surface area contributed by atoms with Crippen LogP contribution < -0.4 is 23.8 Å². The summed E-state index contributed by atoms with van der Waals surface area (Å²) in [5, 5.41) is 2.94. The zero-order valence-electron chi connectivity index (χ0n) is 23.2. The number of methoxy groups -OCH3 is 2. The van der Waals surface area contributed by atoms with Gasteiger partial charge in [0, 0.05) is 11.8 Å². The number of carbonyl (C=O) groups is 1. The molecule has 0 unspecified atom stereocenters. The maximum Gasteiger partial charge on any atom is 0.264 e. The topological polar surface area (TPSA) is 131 Å². The number of hydrogen-bond donors (Lipinski definition) is 2. The molecule has 0 saturated heterocycles. The van der Waals surface area contributed by atoms with Crippen LogP contribution in [-0.2, 0) is 24.8 Å². The second-order valence-electron chi connectivity index (χ2n) is 9.17. The van der Waals surface area contributed by atoms with Crippen LogP contribution in [0.5, 0.6) is 11.5 Å². The molecule has 0 fully saturated rings. The summed E-state index contributed by atoms with van der Waals surface area (Å²) in [6, 6.07) is 20.4. The zero-order valence-corrected chi connectivity index (χ0v) is 26.3. The minimum Gasteiger partial charge on any atom is -0.497 e. The lowest BCUT2D eigenvalue weighted by atomic mass is 10.2. The number of aryl methyl sites for hydroxylation is 1. The highest BCUT2D eigenvalue weighted by Gasteiger charge is 2.28. The van der Waals surface area contributed by atoms with Crippen molar-refractivity contribution < 1.29 is 31.1 Å². The fourth-order valence-electron chi connectivity index (χ4n) is 3.93. The lowest BCUT2D eigenvalue weighted by Gasteiger charge is -2.24. The van der Waals surface area contributed by atoms with Gasteiger partial charge in [-0.3, -0.25) is 13.8 Å². The molecule has 226 valence electrons. The lowest BCUT2D eigenvalue weighted by molar-refractivity contribution is -0.114. The molecule has 0 spiro atoms. The molecule has 0 aliphatic rings. The summed E-state index contributed by atoms with van der Waals surface area (Å²) in [6.07, 6.45) is 0. The molecule has 2 N–H and O–H groups in total. The lowest BCUT2D eigenvalue weighted by Crippen LogP contribution is -2.38. The number of amides is 1. The van der Waals surface area contributed by atoms with Gasteiger partial charge in [-0.1, -0.05) is 40.9 Å². The molecular weight excluding hydrogens is 637 g/mol. The minimum atomic E-state index is -4.19. The highest BCUT2D eigenvalue weighted by Crippen LogP contribution is 2.32. The van der Waals surface area contributed by atoms with E-state index in [-0.39, 0.29) is 42.6 Å². The van der Waals surface area contributed by atoms with Gasteiger partial charge in [-0.15, -0.1) is 0 Å². The summed E-state index contributed by atoms with van der Waals surface area (Å²) in [6.45, 7) is 1.22. The molecular formula is C29H27Cl2N3O7S2. The van der Waals surface area contributed by atoms with E-state index in [0.717, 1.165) is 9.87 Å². The Kier molecular flexibility index (Phi) is 9.75. The van der Waals surface area contributed by atoms with Gasteiger partial charge in [0.15, 0.2) is 0 Å². The quantitative estimate of drug-likeness (QED) is 0.203. The van der Waals surface area contributed by atoms with E-state index < -0.39 is 32.5 Å². The van der Waals surface area contributed by atoms with Gasteiger partial charge in [-0.05, 0) is 73.7 Å². The monoisotopic (exact) mass is 663 g/mol. The minimum absolute atomic E-state index is 0.0208. The van der Waals surface area contributed by atoms with Crippen molar-refractivity contribution in [2.24, 2.45) is 0 Å². The number of nitrogens with one attached hydrogen (secondary N) is 2. The number of benzene rings is 4. The van der Waals surface area contributed by atoms with Crippen LogP contribution in [0.3, 0.4) is 0 Å². The molecule has 10 nitrogen and oxygen atoms in total. The smallest absolute Gasteiger partial charge is 0.264 e. The number of carbonyl (C=O) groups excluding carboxylic acids is 1. The van der Waals surface area contributed by atoms with E-state index in [1.165, 1.54) is 80.9 Å². The average molecular weight is 665 g/mol. The Balaban J connectivity index is 1.54. The average Bonchev–Trinajstić information content (AvgIpc) is 2.98. The fraction of sp³-hybridized carbons (Fsp3) is 0.138. The maximum absolute atomic E-state index is 13.6. The van der Waals surface area contributed by atoms with Crippen LogP contribution in [0.4, 0.5) is 17.1 Å². The van der Waals surface area contributed by atoms with E-state index in [2.05, 4.69) is 10.0 Å².